The van der Waals surface area contributed by atoms with Gasteiger partial charge < -0.3 is 19.5 Å². The first-order valence-electron chi connectivity index (χ1n) is 9.37. The molecule has 29 heavy (non-hydrogen) atoms. The fraction of sp³-hybridized carbons (Fsp3) is 0.421. The first-order chi connectivity index (χ1) is 14.0. The quantitative estimate of drug-likeness (QED) is 0.541. The van der Waals surface area contributed by atoms with Crippen LogP contribution in [0.3, 0.4) is 0 Å². The van der Waals surface area contributed by atoms with Crippen LogP contribution in [0.4, 0.5) is 5.82 Å². The molecule has 1 aliphatic heterocycles. The van der Waals surface area contributed by atoms with Crippen molar-refractivity contribution in [2.45, 2.75) is 24.8 Å². The van der Waals surface area contributed by atoms with Crippen LogP contribution in [0.25, 0.3) is 0 Å². The molecule has 3 rings (SSSR count). The van der Waals surface area contributed by atoms with E-state index in [1.807, 2.05) is 0 Å². The third kappa shape index (κ3) is 6.05. The fourth-order valence-electron chi connectivity index (χ4n) is 2.92. The summed E-state index contributed by atoms with van der Waals surface area (Å²) in [6.45, 7) is 3.51. The first kappa shape index (κ1) is 20.8. The van der Waals surface area contributed by atoms with Crippen molar-refractivity contribution in [3.8, 4) is 0 Å². The minimum absolute atomic E-state index is 0.0998. The molecule has 2 aromatic rings. The van der Waals surface area contributed by atoms with Crippen LogP contribution in [-0.4, -0.2) is 69.7 Å². The van der Waals surface area contributed by atoms with E-state index in [9.17, 15) is 14.4 Å². The summed E-state index contributed by atoms with van der Waals surface area (Å²) in [6.07, 6.45) is 2.66. The number of carbonyl (C=O) groups excluding carboxylic acids is 3. The minimum Gasteiger partial charge on any atom is -0.459 e. The van der Waals surface area contributed by atoms with Crippen LogP contribution in [0, 0.1) is 0 Å². The monoisotopic (exact) mass is 417 g/mol. The van der Waals surface area contributed by atoms with E-state index >= 15 is 0 Å². The van der Waals surface area contributed by atoms with Gasteiger partial charge in [-0.1, -0.05) is 0 Å². The normalized spacial score (nSPS) is 14.0. The van der Waals surface area contributed by atoms with E-state index in [2.05, 4.69) is 15.5 Å². The molecule has 1 N–H and O–H groups in total. The number of furan rings is 1. The number of nitrogens with zero attached hydrogens (tertiary/aromatic N) is 4. The molecule has 154 valence electrons. The number of aromatic nitrogens is 2. The number of piperazine rings is 1. The zero-order valence-electron chi connectivity index (χ0n) is 16.2. The lowest BCUT2D eigenvalue weighted by atomic mass is 10.2. The predicted octanol–water partition coefficient (Wildman–Crippen LogP) is 1.88. The Bertz CT molecular complexity index is 833. The molecule has 10 heteroatoms. The van der Waals surface area contributed by atoms with Gasteiger partial charge in [-0.25, -0.2) is 0 Å². The average molecular weight is 417 g/mol. The van der Waals surface area contributed by atoms with Gasteiger partial charge >= 0.3 is 0 Å². The molecule has 0 atom stereocenters. The summed E-state index contributed by atoms with van der Waals surface area (Å²) in [7, 11) is 0. The van der Waals surface area contributed by atoms with Crippen molar-refractivity contribution >= 4 is 35.3 Å². The highest BCUT2D eigenvalue weighted by Crippen LogP contribution is 2.18. The summed E-state index contributed by atoms with van der Waals surface area (Å²) in [5.41, 5.74) is 0. The molecule has 3 heterocycles. The van der Waals surface area contributed by atoms with Gasteiger partial charge in [-0.15, -0.1) is 22.0 Å². The number of hydrogen-bond acceptors (Lipinski definition) is 7. The van der Waals surface area contributed by atoms with Crippen molar-refractivity contribution in [3.63, 3.8) is 0 Å². The smallest absolute Gasteiger partial charge is 0.289 e. The maximum Gasteiger partial charge on any atom is 0.289 e. The molecule has 9 nitrogen and oxygen atoms in total. The van der Waals surface area contributed by atoms with Gasteiger partial charge in [-0.05, 0) is 30.7 Å². The Balaban J connectivity index is 1.34. The summed E-state index contributed by atoms with van der Waals surface area (Å²) in [5, 5.41) is 11.3. The van der Waals surface area contributed by atoms with Crippen molar-refractivity contribution in [3.05, 3.63) is 36.3 Å². The number of rotatable bonds is 7. The Kier molecular flexibility index (Phi) is 7.23. The molecule has 0 radical (unpaired) electrons. The Hall–Kier alpha value is -2.88. The number of amides is 3. The van der Waals surface area contributed by atoms with E-state index < -0.39 is 0 Å². The highest BCUT2D eigenvalue weighted by Gasteiger charge is 2.25. The Labute approximate surface area is 172 Å². The van der Waals surface area contributed by atoms with Crippen LogP contribution in [-0.2, 0) is 9.59 Å². The van der Waals surface area contributed by atoms with Crippen molar-refractivity contribution in [1.29, 1.82) is 0 Å². The highest BCUT2D eigenvalue weighted by molar-refractivity contribution is 7.99. The molecule has 2 aromatic heterocycles. The topological polar surface area (TPSA) is 109 Å². The molecule has 0 saturated carbocycles. The maximum absolute atomic E-state index is 12.4. The molecule has 1 saturated heterocycles. The second kappa shape index (κ2) is 10.1. The van der Waals surface area contributed by atoms with Crippen LogP contribution < -0.4 is 5.32 Å². The van der Waals surface area contributed by atoms with E-state index in [0.717, 1.165) is 17.2 Å². The Morgan fingerprint density at radius 2 is 1.86 bits per heavy atom. The lowest BCUT2D eigenvalue weighted by molar-refractivity contribution is -0.132. The molecule has 1 aliphatic rings. The predicted molar refractivity (Wildman–Crippen MR) is 107 cm³/mol. The third-order valence-electron chi connectivity index (χ3n) is 4.38. The summed E-state index contributed by atoms with van der Waals surface area (Å²) in [6, 6.07) is 6.83. The molecule has 0 bridgehead atoms. The number of thioether (sulfide) groups is 1. The highest BCUT2D eigenvalue weighted by atomic mass is 32.2. The zero-order chi connectivity index (χ0) is 20.6. The molecule has 0 spiro atoms. The second-order valence-electron chi connectivity index (χ2n) is 6.54. The van der Waals surface area contributed by atoms with Crippen molar-refractivity contribution in [2.24, 2.45) is 0 Å². The number of carbonyl (C=O) groups is 3. The van der Waals surface area contributed by atoms with Gasteiger partial charge in [0, 0.05) is 45.3 Å². The Morgan fingerprint density at radius 1 is 1.10 bits per heavy atom. The first-order valence-corrected chi connectivity index (χ1v) is 10.4. The zero-order valence-corrected chi connectivity index (χ0v) is 17.0. The number of hydrogen-bond donors (Lipinski definition) is 1. The Morgan fingerprint density at radius 3 is 2.48 bits per heavy atom. The minimum atomic E-state index is -0.190. The van der Waals surface area contributed by atoms with Crippen LogP contribution >= 0.6 is 11.8 Å². The van der Waals surface area contributed by atoms with Gasteiger partial charge in [-0.3, -0.25) is 14.4 Å². The van der Waals surface area contributed by atoms with E-state index in [1.54, 1.807) is 34.1 Å². The average Bonchev–Trinajstić information content (AvgIpc) is 3.26. The fourth-order valence-corrected chi connectivity index (χ4v) is 3.68. The third-order valence-corrected chi connectivity index (χ3v) is 5.39. The van der Waals surface area contributed by atoms with Gasteiger partial charge in [-0.2, -0.15) is 0 Å². The standard InChI is InChI=1S/C19H23N5O4S/c1-14(25)20-16-6-7-17(22-21-16)29-13-3-5-18(26)23-8-10-24(11-9-23)19(27)15-4-2-12-28-15/h2,4,6-7,12H,3,5,8-11,13H2,1H3,(H,20,21,25). The second-order valence-corrected chi connectivity index (χ2v) is 7.66. The molecule has 1 fully saturated rings. The van der Waals surface area contributed by atoms with Gasteiger partial charge in [0.25, 0.3) is 5.91 Å². The van der Waals surface area contributed by atoms with Crippen LogP contribution in [0.2, 0.25) is 0 Å². The molecule has 0 unspecified atom stereocenters. The van der Waals surface area contributed by atoms with Gasteiger partial charge in [0.1, 0.15) is 5.03 Å². The van der Waals surface area contributed by atoms with Gasteiger partial charge in [0.15, 0.2) is 11.6 Å². The van der Waals surface area contributed by atoms with Crippen LogP contribution in [0.15, 0.2) is 40.0 Å². The van der Waals surface area contributed by atoms with E-state index in [-0.39, 0.29) is 17.7 Å². The lowest BCUT2D eigenvalue weighted by Gasteiger charge is -2.34. The van der Waals surface area contributed by atoms with Crippen LogP contribution in [0.1, 0.15) is 30.3 Å². The molecule has 0 aliphatic carbocycles. The summed E-state index contributed by atoms with van der Waals surface area (Å²) in [5.74, 6) is 1.27. The molecular formula is C19H23N5O4S. The molecular weight excluding hydrogens is 394 g/mol. The van der Waals surface area contributed by atoms with Gasteiger partial charge in [0.2, 0.25) is 11.8 Å². The summed E-state index contributed by atoms with van der Waals surface area (Å²) in [4.78, 5) is 39.1. The molecule has 0 aromatic carbocycles. The van der Waals surface area contributed by atoms with E-state index in [0.29, 0.717) is 44.2 Å². The lowest BCUT2D eigenvalue weighted by Crippen LogP contribution is -2.50. The number of nitrogens with one attached hydrogen (secondary N) is 1. The van der Waals surface area contributed by atoms with Crippen molar-refractivity contribution < 1.29 is 18.8 Å². The number of anilines is 1. The SMILES string of the molecule is CC(=O)Nc1ccc(SCCCC(=O)N2CCN(C(=O)c3ccco3)CC2)nn1. The van der Waals surface area contributed by atoms with Gasteiger partial charge in [0.05, 0.1) is 6.26 Å². The van der Waals surface area contributed by atoms with E-state index in [1.165, 1.54) is 24.9 Å². The largest absolute Gasteiger partial charge is 0.459 e. The molecule has 3 amide bonds. The van der Waals surface area contributed by atoms with Crippen LogP contribution in [0.5, 0.6) is 0 Å². The summed E-state index contributed by atoms with van der Waals surface area (Å²) >= 11 is 1.52. The summed E-state index contributed by atoms with van der Waals surface area (Å²) < 4.78 is 5.15. The maximum atomic E-state index is 12.4. The van der Waals surface area contributed by atoms with Crippen molar-refractivity contribution in [1.82, 2.24) is 20.0 Å². The van der Waals surface area contributed by atoms with Crippen molar-refractivity contribution in [2.75, 3.05) is 37.2 Å². The van der Waals surface area contributed by atoms with E-state index in [4.69, 9.17) is 4.42 Å².